The molecule has 0 saturated heterocycles. The van der Waals surface area contributed by atoms with Crippen LogP contribution in [-0.4, -0.2) is 35.2 Å². The number of nitrogens with one attached hydrogen (secondary N) is 2. The molecule has 0 aromatic carbocycles. The number of hydrogen-bond donors (Lipinski definition) is 3. The van der Waals surface area contributed by atoms with Crippen LogP contribution in [0.3, 0.4) is 0 Å². The molecule has 0 aliphatic carbocycles. The Morgan fingerprint density at radius 3 is 2.80 bits per heavy atom. The van der Waals surface area contributed by atoms with Gasteiger partial charge in [0.1, 0.15) is 0 Å². The number of amides is 2. The predicted molar refractivity (Wildman–Crippen MR) is 75.4 cm³/mol. The van der Waals surface area contributed by atoms with Crippen molar-refractivity contribution in [3.05, 3.63) is 30.1 Å². The van der Waals surface area contributed by atoms with Crippen LogP contribution >= 0.6 is 0 Å². The molecule has 1 heterocycles. The quantitative estimate of drug-likeness (QED) is 0.671. The third-order valence-corrected chi connectivity index (χ3v) is 2.92. The lowest BCUT2D eigenvalue weighted by molar-refractivity contribution is -0.141. The van der Waals surface area contributed by atoms with Gasteiger partial charge in [0, 0.05) is 25.5 Å². The van der Waals surface area contributed by atoms with Crippen molar-refractivity contribution in [3.63, 3.8) is 0 Å². The number of aliphatic carboxylic acids is 1. The van der Waals surface area contributed by atoms with Gasteiger partial charge in [0.2, 0.25) is 0 Å². The lowest BCUT2D eigenvalue weighted by atomic mass is 10.0. The van der Waals surface area contributed by atoms with Crippen molar-refractivity contribution >= 4 is 12.0 Å². The number of carboxylic acids is 1. The van der Waals surface area contributed by atoms with Gasteiger partial charge in [-0.2, -0.15) is 0 Å². The second kappa shape index (κ2) is 8.90. The fraction of sp³-hybridized carbons (Fsp3) is 0.500. The first kappa shape index (κ1) is 15.9. The molecular formula is C14H21N3O3. The summed E-state index contributed by atoms with van der Waals surface area (Å²) in [5.41, 5.74) is 1.04. The highest BCUT2D eigenvalue weighted by Gasteiger charge is 2.16. The molecule has 1 aromatic rings. The molecule has 20 heavy (non-hydrogen) atoms. The molecule has 1 aromatic heterocycles. The zero-order valence-electron chi connectivity index (χ0n) is 11.6. The van der Waals surface area contributed by atoms with E-state index in [0.29, 0.717) is 19.4 Å². The summed E-state index contributed by atoms with van der Waals surface area (Å²) in [5, 5.41) is 14.2. The van der Waals surface area contributed by atoms with Crippen LogP contribution in [0.25, 0.3) is 0 Å². The maximum absolute atomic E-state index is 11.5. The van der Waals surface area contributed by atoms with Crippen LogP contribution in [-0.2, 0) is 11.2 Å². The summed E-state index contributed by atoms with van der Waals surface area (Å²) in [7, 11) is 0. The van der Waals surface area contributed by atoms with Crippen LogP contribution in [0.5, 0.6) is 0 Å². The molecule has 0 fully saturated rings. The molecule has 0 aliphatic heterocycles. The van der Waals surface area contributed by atoms with Gasteiger partial charge in [-0.05, 0) is 24.5 Å². The Morgan fingerprint density at radius 2 is 2.20 bits per heavy atom. The molecule has 3 N–H and O–H groups in total. The van der Waals surface area contributed by atoms with E-state index in [1.54, 1.807) is 12.4 Å². The number of aromatic nitrogens is 1. The van der Waals surface area contributed by atoms with E-state index in [-0.39, 0.29) is 12.6 Å². The van der Waals surface area contributed by atoms with Crippen molar-refractivity contribution in [3.8, 4) is 0 Å². The van der Waals surface area contributed by atoms with Gasteiger partial charge in [-0.3, -0.25) is 9.78 Å². The predicted octanol–water partition coefficient (Wildman–Crippen LogP) is 1.42. The Kier molecular flexibility index (Phi) is 7.10. The van der Waals surface area contributed by atoms with E-state index in [1.165, 1.54) is 0 Å². The van der Waals surface area contributed by atoms with E-state index >= 15 is 0 Å². The first-order chi connectivity index (χ1) is 9.63. The van der Waals surface area contributed by atoms with Gasteiger partial charge in [0.15, 0.2) is 0 Å². The van der Waals surface area contributed by atoms with Crippen LogP contribution in [0, 0.1) is 5.92 Å². The summed E-state index contributed by atoms with van der Waals surface area (Å²) >= 11 is 0. The van der Waals surface area contributed by atoms with Gasteiger partial charge >= 0.3 is 12.0 Å². The highest BCUT2D eigenvalue weighted by atomic mass is 16.4. The highest BCUT2D eigenvalue weighted by molar-refractivity contribution is 5.75. The van der Waals surface area contributed by atoms with Crippen LogP contribution in [0.15, 0.2) is 24.5 Å². The summed E-state index contributed by atoms with van der Waals surface area (Å²) in [6.45, 7) is 2.56. The SMILES string of the molecule is CCCC(CNC(=O)NCCc1cccnc1)C(=O)O. The summed E-state index contributed by atoms with van der Waals surface area (Å²) in [5.74, 6) is -1.40. The maximum atomic E-state index is 11.5. The third kappa shape index (κ3) is 6.17. The van der Waals surface area contributed by atoms with Gasteiger partial charge in [0.05, 0.1) is 5.92 Å². The zero-order valence-corrected chi connectivity index (χ0v) is 11.6. The normalized spacial score (nSPS) is 11.7. The fourth-order valence-electron chi connectivity index (χ4n) is 1.81. The van der Waals surface area contributed by atoms with Crippen molar-refractivity contribution in [2.75, 3.05) is 13.1 Å². The number of nitrogens with zero attached hydrogens (tertiary/aromatic N) is 1. The molecule has 0 saturated carbocycles. The summed E-state index contributed by atoms with van der Waals surface area (Å²) in [4.78, 5) is 26.4. The molecule has 6 nitrogen and oxygen atoms in total. The zero-order chi connectivity index (χ0) is 14.8. The van der Waals surface area contributed by atoms with Gasteiger partial charge in [0.25, 0.3) is 0 Å². The average molecular weight is 279 g/mol. The standard InChI is InChI=1S/C14H21N3O3/c1-2-4-12(13(18)19)10-17-14(20)16-8-6-11-5-3-7-15-9-11/h3,5,7,9,12H,2,4,6,8,10H2,1H3,(H,18,19)(H2,16,17,20). The van der Waals surface area contributed by atoms with E-state index in [9.17, 15) is 9.59 Å². The Morgan fingerprint density at radius 1 is 1.40 bits per heavy atom. The number of hydrogen-bond acceptors (Lipinski definition) is 3. The van der Waals surface area contributed by atoms with Crippen molar-refractivity contribution in [2.24, 2.45) is 5.92 Å². The number of carbonyl (C=O) groups excluding carboxylic acids is 1. The topological polar surface area (TPSA) is 91.3 Å². The second-order valence-corrected chi connectivity index (χ2v) is 4.57. The number of rotatable bonds is 8. The second-order valence-electron chi connectivity index (χ2n) is 4.57. The van der Waals surface area contributed by atoms with Gasteiger partial charge in [-0.1, -0.05) is 19.4 Å². The molecule has 2 amide bonds. The molecule has 0 bridgehead atoms. The Bertz CT molecular complexity index is 423. The Balaban J connectivity index is 2.21. The lowest BCUT2D eigenvalue weighted by Crippen LogP contribution is -2.40. The minimum atomic E-state index is -0.873. The van der Waals surface area contributed by atoms with E-state index in [4.69, 9.17) is 5.11 Å². The van der Waals surface area contributed by atoms with Gasteiger partial charge < -0.3 is 15.7 Å². The third-order valence-electron chi connectivity index (χ3n) is 2.92. The highest BCUT2D eigenvalue weighted by Crippen LogP contribution is 2.04. The van der Waals surface area contributed by atoms with E-state index in [2.05, 4.69) is 15.6 Å². The van der Waals surface area contributed by atoms with E-state index < -0.39 is 11.9 Å². The molecular weight excluding hydrogens is 258 g/mol. The number of urea groups is 1. The summed E-state index contributed by atoms with van der Waals surface area (Å²) in [6.07, 6.45) is 5.48. The minimum absolute atomic E-state index is 0.155. The molecule has 0 radical (unpaired) electrons. The van der Waals surface area contributed by atoms with Crippen molar-refractivity contribution in [1.82, 2.24) is 15.6 Å². The first-order valence-electron chi connectivity index (χ1n) is 6.77. The number of carbonyl (C=O) groups is 2. The first-order valence-corrected chi connectivity index (χ1v) is 6.77. The summed E-state index contributed by atoms with van der Waals surface area (Å²) < 4.78 is 0. The smallest absolute Gasteiger partial charge is 0.314 e. The largest absolute Gasteiger partial charge is 0.481 e. The van der Waals surface area contributed by atoms with Crippen LogP contribution < -0.4 is 10.6 Å². The molecule has 0 aliphatic rings. The Hall–Kier alpha value is -2.11. The number of pyridine rings is 1. The maximum Gasteiger partial charge on any atom is 0.314 e. The molecule has 110 valence electrons. The van der Waals surface area contributed by atoms with Gasteiger partial charge in [-0.15, -0.1) is 0 Å². The Labute approximate surface area is 118 Å². The average Bonchev–Trinajstić information content (AvgIpc) is 2.44. The fourth-order valence-corrected chi connectivity index (χ4v) is 1.81. The van der Waals surface area contributed by atoms with Crippen LogP contribution in [0.2, 0.25) is 0 Å². The van der Waals surface area contributed by atoms with Crippen molar-refractivity contribution in [1.29, 1.82) is 0 Å². The molecule has 1 rings (SSSR count). The van der Waals surface area contributed by atoms with Crippen molar-refractivity contribution < 1.29 is 14.7 Å². The van der Waals surface area contributed by atoms with E-state index in [1.807, 2.05) is 19.1 Å². The molecule has 1 unspecified atom stereocenters. The summed E-state index contributed by atoms with van der Waals surface area (Å²) in [6, 6.07) is 3.45. The van der Waals surface area contributed by atoms with E-state index in [0.717, 1.165) is 12.0 Å². The number of carboxylic acid groups (broad SMARTS) is 1. The van der Waals surface area contributed by atoms with Crippen molar-refractivity contribution in [2.45, 2.75) is 26.2 Å². The molecule has 1 atom stereocenters. The molecule has 6 heteroatoms. The monoisotopic (exact) mass is 279 g/mol. The van der Waals surface area contributed by atoms with Crippen LogP contribution in [0.4, 0.5) is 4.79 Å². The molecule has 0 spiro atoms. The van der Waals surface area contributed by atoms with Crippen LogP contribution in [0.1, 0.15) is 25.3 Å². The van der Waals surface area contributed by atoms with Gasteiger partial charge in [-0.25, -0.2) is 4.79 Å². The minimum Gasteiger partial charge on any atom is -0.481 e. The lowest BCUT2D eigenvalue weighted by Gasteiger charge is -2.13.